The standard InChI is InChI=1S/C51H44Cl2N4O6/c1-3-44(36-7-5-4-6-8-36)57-29-39-27-47-45(56(2)50(59)48(63-47)37-18-20-40(21-19-37)62-30-33-13-22-41(52)42(53)23-33)25-38(39)26-46(57)49(58)55-43(51(60)61)24-31-9-14-34(15-10-31)35-16-11-32(28-54)12-17-35/h4-23,25,27,43-44,46,48H,3,24,26,29-30H2,1-2H3,(H,55,58)(H,60,61)/t43-,44+,46?,48?/m0/s1. The van der Waals surface area contributed by atoms with Crippen molar-refractivity contribution in [1.29, 1.82) is 5.26 Å². The maximum absolute atomic E-state index is 14.5. The topological polar surface area (TPSA) is 132 Å². The summed E-state index contributed by atoms with van der Waals surface area (Å²) in [4.78, 5) is 44.8. The van der Waals surface area contributed by atoms with Gasteiger partial charge in [-0.05, 0) is 100 Å². The number of hydrogen-bond donors (Lipinski definition) is 2. The van der Waals surface area contributed by atoms with Crippen LogP contribution in [0.15, 0.2) is 133 Å². The van der Waals surface area contributed by atoms with Gasteiger partial charge >= 0.3 is 5.97 Å². The van der Waals surface area contributed by atoms with E-state index in [1.807, 2.05) is 97.1 Å². The number of hydrogen-bond acceptors (Lipinski definition) is 7. The number of nitrogens with one attached hydrogen (secondary N) is 1. The Bertz CT molecular complexity index is 2690. The summed E-state index contributed by atoms with van der Waals surface area (Å²) in [6.45, 7) is 2.75. The molecule has 0 saturated heterocycles. The van der Waals surface area contributed by atoms with Crippen molar-refractivity contribution in [2.24, 2.45) is 0 Å². The lowest BCUT2D eigenvalue weighted by Gasteiger charge is -2.42. The third kappa shape index (κ3) is 9.42. The van der Waals surface area contributed by atoms with Crippen molar-refractivity contribution < 1.29 is 29.0 Å². The van der Waals surface area contributed by atoms with Gasteiger partial charge in [0, 0.05) is 31.6 Å². The summed E-state index contributed by atoms with van der Waals surface area (Å²) in [5.74, 6) is -0.610. The van der Waals surface area contributed by atoms with Crippen LogP contribution < -0.4 is 19.7 Å². The first-order valence-corrected chi connectivity index (χ1v) is 21.4. The molecule has 2 aliphatic rings. The van der Waals surface area contributed by atoms with E-state index in [1.54, 1.807) is 48.3 Å². The number of anilines is 1. The van der Waals surface area contributed by atoms with Crippen LogP contribution >= 0.6 is 23.2 Å². The van der Waals surface area contributed by atoms with E-state index in [-0.39, 0.29) is 30.9 Å². The molecule has 2 unspecified atom stereocenters. The first-order chi connectivity index (χ1) is 30.5. The summed E-state index contributed by atoms with van der Waals surface area (Å²) in [6.07, 6.45) is 0.181. The number of ether oxygens (including phenoxy) is 2. The molecule has 6 aromatic rings. The van der Waals surface area contributed by atoms with E-state index in [1.165, 1.54) is 0 Å². The van der Waals surface area contributed by atoms with E-state index in [0.29, 0.717) is 57.7 Å². The van der Waals surface area contributed by atoms with Crippen LogP contribution in [0.2, 0.25) is 10.0 Å². The number of amides is 2. The molecular formula is C51H44Cl2N4O6. The highest BCUT2D eigenvalue weighted by Crippen LogP contribution is 2.43. The third-order valence-electron chi connectivity index (χ3n) is 11.8. The SMILES string of the molecule is CC[C@H](c1ccccc1)N1Cc2cc3c(cc2CC1C(=O)N[C@@H](Cc1ccc(-c2ccc(C#N)cc2)cc1)C(=O)O)N(C)C(=O)C(c1ccc(OCc2ccc(Cl)c(Cl)c2)cc1)O3. The van der Waals surface area contributed by atoms with Crippen molar-refractivity contribution in [2.75, 3.05) is 11.9 Å². The summed E-state index contributed by atoms with van der Waals surface area (Å²) in [5.41, 5.74) is 8.18. The van der Waals surface area contributed by atoms with Gasteiger partial charge < -0.3 is 24.8 Å². The van der Waals surface area contributed by atoms with E-state index in [2.05, 4.69) is 23.2 Å². The predicted octanol–water partition coefficient (Wildman–Crippen LogP) is 9.90. The molecule has 6 aromatic carbocycles. The second kappa shape index (κ2) is 18.8. The molecule has 10 nitrogen and oxygen atoms in total. The number of fused-ring (bicyclic) bond motifs is 2. The average Bonchev–Trinajstić information content (AvgIpc) is 3.30. The molecule has 318 valence electrons. The summed E-state index contributed by atoms with van der Waals surface area (Å²) < 4.78 is 12.5. The minimum Gasteiger partial charge on any atom is -0.489 e. The van der Waals surface area contributed by atoms with Gasteiger partial charge in [-0.3, -0.25) is 14.5 Å². The smallest absolute Gasteiger partial charge is 0.326 e. The van der Waals surface area contributed by atoms with Crippen LogP contribution in [-0.4, -0.2) is 46.9 Å². The van der Waals surface area contributed by atoms with Crippen LogP contribution in [0.1, 0.15) is 64.4 Å². The van der Waals surface area contributed by atoms with Crippen molar-refractivity contribution in [2.45, 2.75) is 63.6 Å². The second-order valence-corrected chi connectivity index (χ2v) is 16.6. The number of carboxylic acids is 1. The van der Waals surface area contributed by atoms with Gasteiger partial charge in [0.05, 0.1) is 33.4 Å². The lowest BCUT2D eigenvalue weighted by Crippen LogP contribution is -2.55. The van der Waals surface area contributed by atoms with Crippen LogP contribution in [-0.2, 0) is 40.4 Å². The number of carbonyl (C=O) groups is 3. The van der Waals surface area contributed by atoms with Crippen molar-refractivity contribution in [3.8, 4) is 28.7 Å². The summed E-state index contributed by atoms with van der Waals surface area (Å²) in [6, 6.07) is 41.3. The van der Waals surface area contributed by atoms with Gasteiger partial charge in [0.1, 0.15) is 24.1 Å². The predicted molar refractivity (Wildman–Crippen MR) is 243 cm³/mol. The first kappa shape index (κ1) is 43.0. The van der Waals surface area contributed by atoms with E-state index >= 15 is 0 Å². The molecule has 0 aliphatic carbocycles. The number of nitriles is 1. The fraction of sp³-hybridized carbons (Fsp3) is 0.216. The molecule has 12 heteroatoms. The number of aliphatic carboxylic acids is 1. The van der Waals surface area contributed by atoms with E-state index < -0.39 is 24.2 Å². The van der Waals surface area contributed by atoms with Crippen molar-refractivity contribution >= 4 is 46.7 Å². The molecule has 2 N–H and O–H groups in total. The Morgan fingerprint density at radius 1 is 0.873 bits per heavy atom. The molecule has 4 atom stereocenters. The van der Waals surface area contributed by atoms with Gasteiger partial charge in [0.15, 0.2) is 0 Å². The Hall–Kier alpha value is -6.64. The summed E-state index contributed by atoms with van der Waals surface area (Å²) >= 11 is 12.2. The number of rotatable bonds is 13. The lowest BCUT2D eigenvalue weighted by molar-refractivity contribution is -0.143. The minimum atomic E-state index is -1.18. The van der Waals surface area contributed by atoms with Gasteiger partial charge in [0.2, 0.25) is 12.0 Å². The molecule has 2 heterocycles. The Balaban J connectivity index is 1.02. The monoisotopic (exact) mass is 878 g/mol. The highest BCUT2D eigenvalue weighted by molar-refractivity contribution is 6.42. The molecule has 0 saturated carbocycles. The zero-order valence-corrected chi connectivity index (χ0v) is 36.1. The molecule has 0 spiro atoms. The fourth-order valence-electron chi connectivity index (χ4n) is 8.38. The van der Waals surface area contributed by atoms with E-state index in [9.17, 15) is 19.5 Å². The van der Waals surface area contributed by atoms with Crippen LogP contribution in [0.5, 0.6) is 11.5 Å². The number of nitrogens with zero attached hydrogens (tertiary/aromatic N) is 3. The van der Waals surface area contributed by atoms with Crippen LogP contribution in [0.4, 0.5) is 5.69 Å². The quantitative estimate of drug-likeness (QED) is 0.117. The van der Waals surface area contributed by atoms with Crippen LogP contribution in [0, 0.1) is 11.3 Å². The molecule has 63 heavy (non-hydrogen) atoms. The Morgan fingerprint density at radius 3 is 2.21 bits per heavy atom. The molecule has 8 rings (SSSR count). The maximum Gasteiger partial charge on any atom is 0.326 e. The van der Waals surface area contributed by atoms with E-state index in [0.717, 1.165) is 38.9 Å². The molecule has 0 radical (unpaired) electrons. The molecule has 0 aromatic heterocycles. The summed E-state index contributed by atoms with van der Waals surface area (Å²) in [7, 11) is 1.72. The largest absolute Gasteiger partial charge is 0.489 e. The van der Waals surface area contributed by atoms with Gasteiger partial charge in [-0.15, -0.1) is 0 Å². The Labute approximate surface area is 376 Å². The van der Waals surface area contributed by atoms with Gasteiger partial charge in [-0.1, -0.05) is 115 Å². The van der Waals surface area contributed by atoms with Gasteiger partial charge in [0.25, 0.3) is 5.91 Å². The van der Waals surface area contributed by atoms with Gasteiger partial charge in [-0.2, -0.15) is 5.26 Å². The van der Waals surface area contributed by atoms with E-state index in [4.69, 9.17) is 37.9 Å². The van der Waals surface area contributed by atoms with Crippen molar-refractivity contribution in [1.82, 2.24) is 10.2 Å². The third-order valence-corrected chi connectivity index (χ3v) is 12.5. The Kier molecular flexibility index (Phi) is 12.8. The zero-order chi connectivity index (χ0) is 44.2. The summed E-state index contributed by atoms with van der Waals surface area (Å²) in [5, 5.41) is 23.4. The number of likely N-dealkylation sites (N-methyl/N-ethyl adjacent to an activating group) is 1. The number of benzene rings is 6. The first-order valence-electron chi connectivity index (χ1n) is 20.7. The lowest BCUT2D eigenvalue weighted by atomic mass is 9.88. The normalized spacial score (nSPS) is 16.7. The molecular weight excluding hydrogens is 835 g/mol. The number of halogens is 2. The van der Waals surface area contributed by atoms with Crippen molar-refractivity contribution in [3.63, 3.8) is 0 Å². The highest BCUT2D eigenvalue weighted by atomic mass is 35.5. The number of carbonyl (C=O) groups excluding carboxylic acids is 2. The van der Waals surface area contributed by atoms with Crippen LogP contribution in [0.25, 0.3) is 11.1 Å². The average molecular weight is 880 g/mol. The zero-order valence-electron chi connectivity index (χ0n) is 34.6. The van der Waals surface area contributed by atoms with Gasteiger partial charge in [-0.25, -0.2) is 4.79 Å². The fourth-order valence-corrected chi connectivity index (χ4v) is 8.70. The molecule has 0 bridgehead atoms. The maximum atomic E-state index is 14.5. The second-order valence-electron chi connectivity index (χ2n) is 15.8. The van der Waals surface area contributed by atoms with Crippen LogP contribution in [0.3, 0.4) is 0 Å². The molecule has 0 fully saturated rings. The Morgan fingerprint density at radius 2 is 1.56 bits per heavy atom. The van der Waals surface area contributed by atoms with Crippen molar-refractivity contribution in [3.05, 3.63) is 182 Å². The minimum absolute atomic E-state index is 0.0846. The highest BCUT2D eigenvalue weighted by Gasteiger charge is 2.40. The molecule has 2 aliphatic heterocycles. The number of carboxylic acid groups (broad SMARTS) is 1. The molecule has 2 amide bonds.